The van der Waals surface area contributed by atoms with Crippen molar-refractivity contribution in [3.8, 4) is 5.75 Å². The number of rotatable bonds is 6. The molecule has 0 aliphatic carbocycles. The van der Waals surface area contributed by atoms with Crippen molar-refractivity contribution in [2.75, 3.05) is 6.61 Å². The highest BCUT2D eigenvalue weighted by molar-refractivity contribution is 8.13. The van der Waals surface area contributed by atoms with Gasteiger partial charge in [-0.05, 0) is 43.5 Å². The highest BCUT2D eigenvalue weighted by Gasteiger charge is 2.15. The highest BCUT2D eigenvalue weighted by atomic mass is 35.7. The average Bonchev–Trinajstić information content (AvgIpc) is 2.90. The minimum absolute atomic E-state index is 0.132. The summed E-state index contributed by atoms with van der Waals surface area (Å²) in [4.78, 5) is 4.10. The van der Waals surface area contributed by atoms with Crippen molar-refractivity contribution in [1.82, 2.24) is 9.55 Å². The van der Waals surface area contributed by atoms with E-state index in [9.17, 15) is 8.42 Å². The van der Waals surface area contributed by atoms with E-state index in [0.717, 1.165) is 18.5 Å². The molecule has 21 heavy (non-hydrogen) atoms. The molecule has 1 aromatic heterocycles. The molecule has 0 aliphatic rings. The maximum atomic E-state index is 11.4. The molecule has 2 aromatic rings. The summed E-state index contributed by atoms with van der Waals surface area (Å²) in [5, 5.41) is 0. The Morgan fingerprint density at radius 2 is 2.05 bits per heavy atom. The number of aryl methyl sites for hydroxylation is 3. The van der Waals surface area contributed by atoms with Gasteiger partial charge in [0.25, 0.3) is 9.05 Å². The van der Waals surface area contributed by atoms with Crippen molar-refractivity contribution in [1.29, 1.82) is 0 Å². The Kier molecular flexibility index (Phi) is 4.90. The fourth-order valence-electron chi connectivity index (χ4n) is 2.03. The number of ether oxygens (including phenoxy) is 1. The maximum Gasteiger partial charge on any atom is 0.261 e. The summed E-state index contributed by atoms with van der Waals surface area (Å²) in [6.45, 7) is 4.88. The molecule has 0 bridgehead atoms. The SMILES string of the molecule is Cc1cc(S(=O)(=O)Cl)c(C)cc1OCCCn1ccnc1. The van der Waals surface area contributed by atoms with E-state index in [1.54, 1.807) is 38.5 Å². The van der Waals surface area contributed by atoms with Gasteiger partial charge >= 0.3 is 0 Å². The van der Waals surface area contributed by atoms with Crippen LogP contribution in [-0.4, -0.2) is 24.6 Å². The second-order valence-electron chi connectivity index (χ2n) is 4.82. The van der Waals surface area contributed by atoms with Gasteiger partial charge < -0.3 is 9.30 Å². The van der Waals surface area contributed by atoms with Gasteiger partial charge in [0.1, 0.15) is 5.75 Å². The second kappa shape index (κ2) is 6.49. The van der Waals surface area contributed by atoms with Crippen LogP contribution in [0.15, 0.2) is 35.7 Å². The van der Waals surface area contributed by atoms with Gasteiger partial charge in [-0.15, -0.1) is 0 Å². The molecule has 114 valence electrons. The summed E-state index contributed by atoms with van der Waals surface area (Å²) < 4.78 is 30.5. The van der Waals surface area contributed by atoms with Crippen LogP contribution in [0.5, 0.6) is 5.75 Å². The molecule has 0 atom stereocenters. The first kappa shape index (κ1) is 15.9. The van der Waals surface area contributed by atoms with Gasteiger partial charge in [0.15, 0.2) is 0 Å². The van der Waals surface area contributed by atoms with E-state index in [1.807, 2.05) is 10.8 Å². The normalized spacial score (nSPS) is 11.6. The number of imidazole rings is 1. The van der Waals surface area contributed by atoms with Crippen LogP contribution >= 0.6 is 10.7 Å². The number of aromatic nitrogens is 2. The lowest BCUT2D eigenvalue weighted by molar-refractivity contribution is 0.299. The van der Waals surface area contributed by atoms with Crippen molar-refractivity contribution in [2.24, 2.45) is 0 Å². The minimum Gasteiger partial charge on any atom is -0.493 e. The first-order valence-corrected chi connectivity index (χ1v) is 8.83. The Morgan fingerprint density at radius 3 is 2.67 bits per heavy atom. The van der Waals surface area contributed by atoms with Crippen molar-refractivity contribution < 1.29 is 13.2 Å². The molecule has 0 saturated heterocycles. The van der Waals surface area contributed by atoms with Crippen LogP contribution in [0.1, 0.15) is 17.5 Å². The van der Waals surface area contributed by atoms with Crippen LogP contribution in [-0.2, 0) is 15.6 Å². The van der Waals surface area contributed by atoms with Gasteiger partial charge in [0.05, 0.1) is 17.8 Å². The third-order valence-corrected chi connectivity index (χ3v) is 4.58. The molecule has 1 aromatic carbocycles. The molecule has 0 saturated carbocycles. The topological polar surface area (TPSA) is 61.2 Å². The zero-order valence-corrected chi connectivity index (χ0v) is 13.5. The fraction of sp³-hybridized carbons (Fsp3) is 0.357. The fourth-order valence-corrected chi connectivity index (χ4v) is 3.29. The molecule has 0 unspecified atom stereocenters. The van der Waals surface area contributed by atoms with Gasteiger partial charge in [-0.25, -0.2) is 13.4 Å². The molecule has 5 nitrogen and oxygen atoms in total. The monoisotopic (exact) mass is 328 g/mol. The molecule has 7 heteroatoms. The largest absolute Gasteiger partial charge is 0.493 e. The zero-order valence-electron chi connectivity index (χ0n) is 11.9. The van der Waals surface area contributed by atoms with E-state index in [0.29, 0.717) is 17.9 Å². The molecule has 2 rings (SSSR count). The first-order chi connectivity index (χ1) is 9.88. The van der Waals surface area contributed by atoms with Gasteiger partial charge in [-0.2, -0.15) is 0 Å². The minimum atomic E-state index is -3.72. The highest BCUT2D eigenvalue weighted by Crippen LogP contribution is 2.27. The summed E-state index contributed by atoms with van der Waals surface area (Å²) in [7, 11) is 1.67. The number of nitrogens with zero attached hydrogens (tertiary/aromatic N) is 2. The average molecular weight is 329 g/mol. The van der Waals surface area contributed by atoms with Crippen LogP contribution in [0, 0.1) is 13.8 Å². The van der Waals surface area contributed by atoms with Gasteiger partial charge in [0.2, 0.25) is 0 Å². The molecular formula is C14H17ClN2O3S. The Bertz CT molecular complexity index is 712. The third kappa shape index (κ3) is 4.22. The third-order valence-electron chi connectivity index (χ3n) is 3.11. The van der Waals surface area contributed by atoms with Crippen LogP contribution in [0.3, 0.4) is 0 Å². The van der Waals surface area contributed by atoms with Gasteiger partial charge in [-0.3, -0.25) is 0 Å². The molecule has 0 radical (unpaired) electrons. The zero-order chi connectivity index (χ0) is 15.5. The van der Waals surface area contributed by atoms with E-state index >= 15 is 0 Å². The van der Waals surface area contributed by atoms with E-state index in [-0.39, 0.29) is 4.90 Å². The lowest BCUT2D eigenvalue weighted by Gasteiger charge is -2.12. The van der Waals surface area contributed by atoms with Crippen LogP contribution in [0.2, 0.25) is 0 Å². The molecule has 0 aliphatic heterocycles. The van der Waals surface area contributed by atoms with Crippen molar-refractivity contribution in [3.05, 3.63) is 42.0 Å². The Hall–Kier alpha value is -1.53. The molecule has 0 amide bonds. The lowest BCUT2D eigenvalue weighted by atomic mass is 10.1. The Balaban J connectivity index is 1.99. The lowest BCUT2D eigenvalue weighted by Crippen LogP contribution is -2.05. The molecule has 0 fully saturated rings. The first-order valence-electron chi connectivity index (χ1n) is 6.52. The standard InChI is InChI=1S/C14H17ClN2O3S/c1-11-9-14(21(15,18)19)12(2)8-13(11)20-7-3-5-17-6-4-16-10-17/h4,6,8-10H,3,5,7H2,1-2H3. The summed E-state index contributed by atoms with van der Waals surface area (Å²) in [6.07, 6.45) is 6.23. The van der Waals surface area contributed by atoms with Crippen molar-refractivity contribution in [3.63, 3.8) is 0 Å². The van der Waals surface area contributed by atoms with Gasteiger partial charge in [0, 0.05) is 29.6 Å². The molecule has 0 N–H and O–H groups in total. The summed E-state index contributed by atoms with van der Waals surface area (Å²) in [5.41, 5.74) is 1.34. The van der Waals surface area contributed by atoms with E-state index < -0.39 is 9.05 Å². The number of hydrogen-bond donors (Lipinski definition) is 0. The quantitative estimate of drug-likeness (QED) is 0.604. The smallest absolute Gasteiger partial charge is 0.261 e. The summed E-state index contributed by atoms with van der Waals surface area (Å²) in [5.74, 6) is 0.683. The van der Waals surface area contributed by atoms with Crippen LogP contribution in [0.4, 0.5) is 0 Å². The predicted octanol–water partition coefficient (Wildman–Crippen LogP) is 2.90. The van der Waals surface area contributed by atoms with Crippen LogP contribution in [0.25, 0.3) is 0 Å². The number of halogens is 1. The summed E-state index contributed by atoms with van der Waals surface area (Å²) in [6, 6.07) is 3.25. The van der Waals surface area contributed by atoms with E-state index in [2.05, 4.69) is 4.98 Å². The summed E-state index contributed by atoms with van der Waals surface area (Å²) >= 11 is 0. The maximum absolute atomic E-state index is 11.4. The second-order valence-corrected chi connectivity index (χ2v) is 7.36. The Morgan fingerprint density at radius 1 is 1.29 bits per heavy atom. The predicted molar refractivity (Wildman–Crippen MR) is 81.3 cm³/mol. The number of hydrogen-bond acceptors (Lipinski definition) is 4. The molecule has 0 spiro atoms. The van der Waals surface area contributed by atoms with Crippen LogP contribution < -0.4 is 4.74 Å². The van der Waals surface area contributed by atoms with E-state index in [4.69, 9.17) is 15.4 Å². The van der Waals surface area contributed by atoms with Crippen molar-refractivity contribution in [2.45, 2.75) is 31.7 Å². The van der Waals surface area contributed by atoms with Crippen molar-refractivity contribution >= 4 is 19.7 Å². The number of benzene rings is 1. The van der Waals surface area contributed by atoms with Gasteiger partial charge in [-0.1, -0.05) is 0 Å². The molecule has 1 heterocycles. The molecular weight excluding hydrogens is 312 g/mol. The van der Waals surface area contributed by atoms with E-state index in [1.165, 1.54) is 0 Å². The Labute approximate surface area is 128 Å².